The van der Waals surface area contributed by atoms with Crippen LogP contribution in [0.4, 0.5) is 0 Å². The number of nitrogens with one attached hydrogen (secondary N) is 1. The molecular formula is C17H29NO2. The minimum Gasteiger partial charge on any atom is -0.491 e. The molecule has 0 amide bonds. The summed E-state index contributed by atoms with van der Waals surface area (Å²) in [4.78, 5) is 0. The SMILES string of the molecule is CCNC(CC(C)COC)c1cccc(OC(C)C)c1. The van der Waals surface area contributed by atoms with Crippen molar-refractivity contribution >= 4 is 0 Å². The lowest BCUT2D eigenvalue weighted by Gasteiger charge is -2.23. The standard InChI is InChI=1S/C17H29NO2/c1-6-18-17(10-14(4)12-19-5)15-8-7-9-16(11-15)20-13(2)3/h7-9,11,13-14,17-18H,6,10,12H2,1-5H3. The average Bonchev–Trinajstić information content (AvgIpc) is 2.38. The lowest BCUT2D eigenvalue weighted by molar-refractivity contribution is 0.149. The first-order valence-electron chi connectivity index (χ1n) is 7.55. The highest BCUT2D eigenvalue weighted by atomic mass is 16.5. The van der Waals surface area contributed by atoms with Gasteiger partial charge in [0.2, 0.25) is 0 Å². The maximum atomic E-state index is 5.78. The third kappa shape index (κ3) is 5.93. The highest BCUT2D eigenvalue weighted by Gasteiger charge is 2.15. The normalized spacial score (nSPS) is 14.3. The molecule has 114 valence electrons. The van der Waals surface area contributed by atoms with Gasteiger partial charge in [0.1, 0.15) is 5.75 Å². The molecular weight excluding hydrogens is 250 g/mol. The topological polar surface area (TPSA) is 30.5 Å². The van der Waals surface area contributed by atoms with Gasteiger partial charge in [-0.15, -0.1) is 0 Å². The Hall–Kier alpha value is -1.06. The van der Waals surface area contributed by atoms with Gasteiger partial charge in [-0.2, -0.15) is 0 Å². The van der Waals surface area contributed by atoms with Crippen molar-refractivity contribution in [2.24, 2.45) is 5.92 Å². The minimum atomic E-state index is 0.204. The van der Waals surface area contributed by atoms with Crippen molar-refractivity contribution < 1.29 is 9.47 Å². The highest BCUT2D eigenvalue weighted by Crippen LogP contribution is 2.25. The fraction of sp³-hybridized carbons (Fsp3) is 0.647. The molecule has 3 nitrogen and oxygen atoms in total. The number of hydrogen-bond acceptors (Lipinski definition) is 3. The number of hydrogen-bond donors (Lipinski definition) is 1. The Balaban J connectivity index is 2.79. The van der Waals surface area contributed by atoms with Crippen LogP contribution >= 0.6 is 0 Å². The van der Waals surface area contributed by atoms with Crippen LogP contribution in [0, 0.1) is 5.92 Å². The Bertz CT molecular complexity index is 379. The van der Waals surface area contributed by atoms with E-state index in [1.807, 2.05) is 6.07 Å². The smallest absolute Gasteiger partial charge is 0.120 e. The van der Waals surface area contributed by atoms with E-state index in [1.165, 1.54) is 5.56 Å². The van der Waals surface area contributed by atoms with Crippen LogP contribution in [-0.2, 0) is 4.74 Å². The van der Waals surface area contributed by atoms with E-state index in [0.717, 1.165) is 25.3 Å². The van der Waals surface area contributed by atoms with Crippen LogP contribution in [0.3, 0.4) is 0 Å². The Morgan fingerprint density at radius 2 is 1.95 bits per heavy atom. The fourth-order valence-electron chi connectivity index (χ4n) is 2.42. The molecule has 0 heterocycles. The molecule has 0 spiro atoms. The molecule has 0 aliphatic heterocycles. The predicted molar refractivity (Wildman–Crippen MR) is 84.3 cm³/mol. The predicted octanol–water partition coefficient (Wildman–Crippen LogP) is 3.80. The lowest BCUT2D eigenvalue weighted by atomic mass is 9.96. The van der Waals surface area contributed by atoms with E-state index in [-0.39, 0.29) is 6.10 Å². The van der Waals surface area contributed by atoms with Gasteiger partial charge in [0.05, 0.1) is 6.10 Å². The third-order valence-electron chi connectivity index (χ3n) is 3.17. The van der Waals surface area contributed by atoms with E-state index in [9.17, 15) is 0 Å². The van der Waals surface area contributed by atoms with Crippen molar-refractivity contribution in [3.63, 3.8) is 0 Å². The van der Waals surface area contributed by atoms with Gasteiger partial charge in [0.25, 0.3) is 0 Å². The first-order chi connectivity index (χ1) is 9.56. The van der Waals surface area contributed by atoms with Gasteiger partial charge in [-0.05, 0) is 50.4 Å². The first kappa shape index (κ1) is 17.0. The Labute approximate surface area is 123 Å². The zero-order valence-electron chi connectivity index (χ0n) is 13.5. The largest absolute Gasteiger partial charge is 0.491 e. The van der Waals surface area contributed by atoms with Gasteiger partial charge in [-0.1, -0.05) is 26.0 Å². The molecule has 1 rings (SSSR count). The van der Waals surface area contributed by atoms with Crippen LogP contribution in [0.25, 0.3) is 0 Å². The van der Waals surface area contributed by atoms with Crippen LogP contribution in [0.5, 0.6) is 5.75 Å². The summed E-state index contributed by atoms with van der Waals surface area (Å²) in [5, 5.41) is 3.56. The van der Waals surface area contributed by atoms with E-state index < -0.39 is 0 Å². The van der Waals surface area contributed by atoms with Gasteiger partial charge < -0.3 is 14.8 Å². The van der Waals surface area contributed by atoms with Gasteiger partial charge in [0.15, 0.2) is 0 Å². The summed E-state index contributed by atoms with van der Waals surface area (Å²) < 4.78 is 11.0. The van der Waals surface area contributed by atoms with Gasteiger partial charge in [-0.25, -0.2) is 0 Å². The van der Waals surface area contributed by atoms with Crippen LogP contribution in [0.2, 0.25) is 0 Å². The van der Waals surface area contributed by atoms with Gasteiger partial charge in [-0.3, -0.25) is 0 Å². The highest BCUT2D eigenvalue weighted by molar-refractivity contribution is 5.30. The summed E-state index contributed by atoms with van der Waals surface area (Å²) in [5.74, 6) is 1.47. The van der Waals surface area contributed by atoms with Crippen molar-refractivity contribution in [1.82, 2.24) is 5.32 Å². The van der Waals surface area contributed by atoms with Crippen molar-refractivity contribution in [2.45, 2.75) is 46.3 Å². The Morgan fingerprint density at radius 1 is 1.20 bits per heavy atom. The van der Waals surface area contributed by atoms with Crippen LogP contribution in [0.15, 0.2) is 24.3 Å². The summed E-state index contributed by atoms with van der Waals surface area (Å²) in [7, 11) is 1.76. The molecule has 0 saturated heterocycles. The second-order valence-electron chi connectivity index (χ2n) is 5.65. The maximum absolute atomic E-state index is 5.78. The van der Waals surface area contributed by atoms with Crippen molar-refractivity contribution in [1.29, 1.82) is 0 Å². The summed E-state index contributed by atoms with van der Waals surface area (Å²) in [6.07, 6.45) is 1.27. The average molecular weight is 279 g/mol. The number of benzene rings is 1. The number of ether oxygens (including phenoxy) is 2. The minimum absolute atomic E-state index is 0.204. The number of rotatable bonds is 9. The molecule has 1 aromatic rings. The molecule has 1 N–H and O–H groups in total. The molecule has 0 radical (unpaired) electrons. The van der Waals surface area contributed by atoms with E-state index in [0.29, 0.717) is 12.0 Å². The molecule has 20 heavy (non-hydrogen) atoms. The van der Waals surface area contributed by atoms with E-state index in [2.05, 4.69) is 51.2 Å². The second kappa shape index (κ2) is 8.98. The zero-order chi connectivity index (χ0) is 15.0. The van der Waals surface area contributed by atoms with E-state index >= 15 is 0 Å². The summed E-state index contributed by atoms with van der Waals surface area (Å²) >= 11 is 0. The van der Waals surface area contributed by atoms with Gasteiger partial charge in [0, 0.05) is 19.8 Å². The molecule has 0 saturated carbocycles. The molecule has 0 aliphatic carbocycles. The van der Waals surface area contributed by atoms with Crippen molar-refractivity contribution in [3.05, 3.63) is 29.8 Å². The molecule has 2 unspecified atom stereocenters. The quantitative estimate of drug-likeness (QED) is 0.746. The maximum Gasteiger partial charge on any atom is 0.120 e. The molecule has 0 aromatic heterocycles. The van der Waals surface area contributed by atoms with Crippen LogP contribution in [0.1, 0.15) is 45.7 Å². The summed E-state index contributed by atoms with van der Waals surface area (Å²) in [6, 6.07) is 8.75. The molecule has 0 aliphatic rings. The third-order valence-corrected chi connectivity index (χ3v) is 3.17. The second-order valence-corrected chi connectivity index (χ2v) is 5.65. The van der Waals surface area contributed by atoms with Gasteiger partial charge >= 0.3 is 0 Å². The van der Waals surface area contributed by atoms with Crippen LogP contribution < -0.4 is 10.1 Å². The van der Waals surface area contributed by atoms with Crippen molar-refractivity contribution in [2.75, 3.05) is 20.3 Å². The molecule has 1 aromatic carbocycles. The van der Waals surface area contributed by atoms with E-state index in [4.69, 9.17) is 9.47 Å². The van der Waals surface area contributed by atoms with Crippen molar-refractivity contribution in [3.8, 4) is 5.75 Å². The van der Waals surface area contributed by atoms with Crippen LogP contribution in [-0.4, -0.2) is 26.4 Å². The Morgan fingerprint density at radius 3 is 2.55 bits per heavy atom. The zero-order valence-corrected chi connectivity index (χ0v) is 13.5. The fourth-order valence-corrected chi connectivity index (χ4v) is 2.42. The lowest BCUT2D eigenvalue weighted by Crippen LogP contribution is -2.24. The summed E-state index contributed by atoms with van der Waals surface area (Å²) in [6.45, 7) is 10.2. The van der Waals surface area contributed by atoms with E-state index in [1.54, 1.807) is 7.11 Å². The summed E-state index contributed by atoms with van der Waals surface area (Å²) in [5.41, 5.74) is 1.29. The molecule has 3 heteroatoms. The monoisotopic (exact) mass is 279 g/mol. The molecule has 0 bridgehead atoms. The molecule has 0 fully saturated rings. The molecule has 2 atom stereocenters. The Kier molecular flexibility index (Phi) is 7.63. The number of methoxy groups -OCH3 is 1. The first-order valence-corrected chi connectivity index (χ1v) is 7.55.